The molecule has 0 bridgehead atoms. The second-order valence-electron chi connectivity index (χ2n) is 5.79. The van der Waals surface area contributed by atoms with Crippen molar-refractivity contribution in [2.24, 2.45) is 5.41 Å². The summed E-state index contributed by atoms with van der Waals surface area (Å²) in [6.07, 6.45) is 8.68. The number of fused-ring (bicyclic) bond motifs is 1. The number of methoxy groups -OCH3 is 1. The van der Waals surface area contributed by atoms with E-state index in [1.165, 1.54) is 45.6 Å². The van der Waals surface area contributed by atoms with E-state index in [0.717, 1.165) is 6.42 Å². The number of hydrogen-bond acceptors (Lipinski definition) is 3. The fourth-order valence-electron chi connectivity index (χ4n) is 4.22. The first-order chi connectivity index (χ1) is 7.60. The maximum absolute atomic E-state index is 11.8. The van der Waals surface area contributed by atoms with Crippen LogP contribution in [-0.4, -0.2) is 24.3 Å². The molecule has 2 atom stereocenters. The second-order valence-corrected chi connectivity index (χ2v) is 5.79. The summed E-state index contributed by atoms with van der Waals surface area (Å²) in [6.45, 7) is 1.91. The molecule has 3 nitrogen and oxygen atoms in total. The molecule has 0 N–H and O–H groups in total. The average Bonchev–Trinajstić information content (AvgIpc) is 2.99. The minimum atomic E-state index is -0.642. The van der Waals surface area contributed by atoms with E-state index in [-0.39, 0.29) is 11.6 Å². The van der Waals surface area contributed by atoms with E-state index in [1.54, 1.807) is 0 Å². The lowest BCUT2D eigenvalue weighted by molar-refractivity contribution is -0.146. The van der Waals surface area contributed by atoms with Crippen molar-refractivity contribution in [2.45, 2.75) is 63.1 Å². The molecule has 2 aliphatic carbocycles. The van der Waals surface area contributed by atoms with Gasteiger partial charge in [0, 0.05) is 5.41 Å². The minimum Gasteiger partial charge on any atom is -0.467 e. The fourth-order valence-corrected chi connectivity index (χ4v) is 4.22. The number of rotatable bonds is 1. The molecule has 3 fully saturated rings. The lowest BCUT2D eigenvalue weighted by Crippen LogP contribution is -2.55. The van der Waals surface area contributed by atoms with Gasteiger partial charge in [0.25, 0.3) is 0 Å². The third kappa shape index (κ3) is 0.963. The van der Waals surface area contributed by atoms with Crippen LogP contribution in [0.15, 0.2) is 0 Å². The van der Waals surface area contributed by atoms with Crippen molar-refractivity contribution in [3.63, 3.8) is 0 Å². The Balaban J connectivity index is 1.84. The van der Waals surface area contributed by atoms with Gasteiger partial charge in [-0.25, -0.2) is 4.79 Å². The van der Waals surface area contributed by atoms with Crippen LogP contribution >= 0.6 is 0 Å². The number of hydrogen-bond donors (Lipinski definition) is 0. The molecule has 3 heteroatoms. The highest BCUT2D eigenvalue weighted by Crippen LogP contribution is 2.73. The van der Waals surface area contributed by atoms with Crippen LogP contribution in [-0.2, 0) is 14.3 Å². The van der Waals surface area contributed by atoms with Gasteiger partial charge in [-0.3, -0.25) is 0 Å². The standard InChI is InChI=1S/C13H20O3/c1-11(10(14)15-2)13(16-11)9-8-12(13)6-4-3-5-7-12/h3-9H2,1-2H3. The fraction of sp³-hybridized carbons (Fsp3) is 0.923. The molecular formula is C13H20O3. The van der Waals surface area contributed by atoms with E-state index < -0.39 is 5.60 Å². The Hall–Kier alpha value is -0.570. The number of epoxide rings is 1. The third-order valence-electron chi connectivity index (χ3n) is 5.31. The van der Waals surface area contributed by atoms with Crippen LogP contribution in [0.3, 0.4) is 0 Å². The Morgan fingerprint density at radius 3 is 2.31 bits per heavy atom. The van der Waals surface area contributed by atoms with Crippen LogP contribution in [0.4, 0.5) is 0 Å². The van der Waals surface area contributed by atoms with Crippen LogP contribution in [0.1, 0.15) is 51.9 Å². The molecule has 1 heterocycles. The molecule has 0 aromatic rings. The average molecular weight is 224 g/mol. The van der Waals surface area contributed by atoms with Crippen molar-refractivity contribution in [1.29, 1.82) is 0 Å². The van der Waals surface area contributed by atoms with E-state index in [4.69, 9.17) is 9.47 Å². The summed E-state index contributed by atoms with van der Waals surface area (Å²) in [5.74, 6) is -0.183. The summed E-state index contributed by atoms with van der Waals surface area (Å²) >= 11 is 0. The maximum Gasteiger partial charge on any atom is 0.340 e. The molecule has 2 spiro atoms. The van der Waals surface area contributed by atoms with E-state index in [0.29, 0.717) is 5.41 Å². The molecule has 2 saturated carbocycles. The third-order valence-corrected chi connectivity index (χ3v) is 5.31. The Bertz CT molecular complexity index is 332. The quantitative estimate of drug-likeness (QED) is 0.507. The summed E-state index contributed by atoms with van der Waals surface area (Å²) in [7, 11) is 1.45. The van der Waals surface area contributed by atoms with Crippen LogP contribution in [0.2, 0.25) is 0 Å². The van der Waals surface area contributed by atoms with Crippen LogP contribution < -0.4 is 0 Å². The molecule has 3 rings (SSSR count). The maximum atomic E-state index is 11.8. The predicted octanol–water partition coefficient (Wildman–Crippen LogP) is 2.43. The van der Waals surface area contributed by atoms with Gasteiger partial charge < -0.3 is 9.47 Å². The van der Waals surface area contributed by atoms with Crippen LogP contribution in [0.25, 0.3) is 0 Å². The monoisotopic (exact) mass is 224 g/mol. The van der Waals surface area contributed by atoms with E-state index in [9.17, 15) is 4.79 Å². The van der Waals surface area contributed by atoms with Gasteiger partial charge in [0.15, 0.2) is 5.60 Å². The van der Waals surface area contributed by atoms with Gasteiger partial charge in [-0.15, -0.1) is 0 Å². The summed E-state index contributed by atoms with van der Waals surface area (Å²) < 4.78 is 10.8. The number of carbonyl (C=O) groups excluding carboxylic acids is 1. The molecule has 1 saturated heterocycles. The highest BCUT2D eigenvalue weighted by atomic mass is 16.7. The molecule has 3 aliphatic rings. The Labute approximate surface area is 96.5 Å². The van der Waals surface area contributed by atoms with Gasteiger partial charge in [-0.2, -0.15) is 0 Å². The Morgan fingerprint density at radius 1 is 1.12 bits per heavy atom. The molecule has 0 aromatic heterocycles. The van der Waals surface area contributed by atoms with Crippen molar-refractivity contribution >= 4 is 5.97 Å². The predicted molar refractivity (Wildman–Crippen MR) is 59.0 cm³/mol. The summed E-state index contributed by atoms with van der Waals surface area (Å²) in [5.41, 5.74) is -0.501. The van der Waals surface area contributed by atoms with Gasteiger partial charge in [0.05, 0.1) is 7.11 Å². The molecule has 0 aromatic carbocycles. The Kier molecular flexibility index (Phi) is 1.99. The highest BCUT2D eigenvalue weighted by Gasteiger charge is 2.83. The first-order valence-electron chi connectivity index (χ1n) is 6.39. The number of ether oxygens (including phenoxy) is 2. The van der Waals surface area contributed by atoms with E-state index in [2.05, 4.69) is 0 Å². The van der Waals surface area contributed by atoms with Crippen LogP contribution in [0, 0.1) is 5.41 Å². The zero-order valence-corrected chi connectivity index (χ0v) is 10.2. The summed E-state index contributed by atoms with van der Waals surface area (Å²) in [4.78, 5) is 11.8. The van der Waals surface area contributed by atoms with Gasteiger partial charge in [-0.1, -0.05) is 19.3 Å². The molecule has 0 amide bonds. The largest absolute Gasteiger partial charge is 0.467 e. The number of carbonyl (C=O) groups is 1. The molecule has 0 radical (unpaired) electrons. The molecule has 2 unspecified atom stereocenters. The number of esters is 1. The molecule has 90 valence electrons. The summed E-state index contributed by atoms with van der Waals surface area (Å²) in [5, 5.41) is 0. The van der Waals surface area contributed by atoms with Gasteiger partial charge in [-0.05, 0) is 32.6 Å². The zero-order valence-electron chi connectivity index (χ0n) is 10.2. The molecule has 1 aliphatic heterocycles. The van der Waals surface area contributed by atoms with Gasteiger partial charge in [0.1, 0.15) is 5.60 Å². The van der Waals surface area contributed by atoms with E-state index in [1.807, 2.05) is 6.92 Å². The topological polar surface area (TPSA) is 38.8 Å². The van der Waals surface area contributed by atoms with Crippen LogP contribution in [0.5, 0.6) is 0 Å². The first-order valence-corrected chi connectivity index (χ1v) is 6.39. The lowest BCUT2D eigenvalue weighted by atomic mass is 9.50. The highest BCUT2D eigenvalue weighted by molar-refractivity contribution is 5.85. The molecular weight excluding hydrogens is 204 g/mol. The SMILES string of the molecule is COC(=O)C1(C)OC12CCC21CCCCC1. The van der Waals surface area contributed by atoms with Crippen molar-refractivity contribution in [2.75, 3.05) is 7.11 Å². The van der Waals surface area contributed by atoms with Gasteiger partial charge in [0.2, 0.25) is 0 Å². The second kappa shape index (κ2) is 3.00. The minimum absolute atomic E-state index is 0.159. The van der Waals surface area contributed by atoms with Crippen molar-refractivity contribution in [3.05, 3.63) is 0 Å². The van der Waals surface area contributed by atoms with Crippen molar-refractivity contribution in [1.82, 2.24) is 0 Å². The molecule has 16 heavy (non-hydrogen) atoms. The Morgan fingerprint density at radius 2 is 1.81 bits per heavy atom. The smallest absolute Gasteiger partial charge is 0.340 e. The van der Waals surface area contributed by atoms with E-state index >= 15 is 0 Å². The lowest BCUT2D eigenvalue weighted by Gasteiger charge is -2.51. The first kappa shape index (κ1) is 10.6. The summed E-state index contributed by atoms with van der Waals surface area (Å²) in [6, 6.07) is 0. The van der Waals surface area contributed by atoms with Crippen molar-refractivity contribution in [3.8, 4) is 0 Å². The van der Waals surface area contributed by atoms with Gasteiger partial charge >= 0.3 is 5.97 Å². The normalized spacial score (nSPS) is 44.1. The zero-order chi connectivity index (χ0) is 11.4. The van der Waals surface area contributed by atoms with Crippen molar-refractivity contribution < 1.29 is 14.3 Å².